The van der Waals surface area contributed by atoms with Gasteiger partial charge in [0.2, 0.25) is 5.88 Å². The number of sulfonamides is 1. The van der Waals surface area contributed by atoms with Gasteiger partial charge in [-0.1, -0.05) is 0 Å². The molecule has 0 saturated carbocycles. The average Bonchev–Trinajstić information content (AvgIpc) is 2.54. The molecule has 0 fully saturated rings. The number of methoxy groups -OCH3 is 3. The first kappa shape index (κ1) is 15.9. The lowest BCUT2D eigenvalue weighted by atomic mass is 10.3. The summed E-state index contributed by atoms with van der Waals surface area (Å²) in [6, 6.07) is 7.67. The van der Waals surface area contributed by atoms with E-state index in [9.17, 15) is 8.42 Å². The maximum atomic E-state index is 12.6. The summed E-state index contributed by atoms with van der Waals surface area (Å²) in [6.07, 6.45) is 1.50. The third-order valence-electron chi connectivity index (χ3n) is 2.87. The molecule has 118 valence electrons. The molecule has 0 saturated heterocycles. The molecule has 0 radical (unpaired) electrons. The van der Waals surface area contributed by atoms with Crippen molar-refractivity contribution in [2.24, 2.45) is 0 Å². The van der Waals surface area contributed by atoms with E-state index < -0.39 is 10.0 Å². The Morgan fingerprint density at radius 1 is 1.05 bits per heavy atom. The number of nitrogens with zero attached hydrogens (tertiary/aromatic N) is 1. The van der Waals surface area contributed by atoms with E-state index in [1.165, 1.54) is 39.7 Å². The van der Waals surface area contributed by atoms with Crippen molar-refractivity contribution in [3.05, 3.63) is 36.5 Å². The van der Waals surface area contributed by atoms with Gasteiger partial charge in [0, 0.05) is 12.3 Å². The number of benzene rings is 1. The van der Waals surface area contributed by atoms with E-state index in [1.54, 1.807) is 18.2 Å². The van der Waals surface area contributed by atoms with Crippen LogP contribution in [-0.4, -0.2) is 34.7 Å². The molecule has 1 N–H and O–H groups in total. The number of hydrogen-bond donors (Lipinski definition) is 1. The molecule has 7 nitrogen and oxygen atoms in total. The molecule has 0 spiro atoms. The number of aromatic nitrogens is 1. The van der Waals surface area contributed by atoms with Gasteiger partial charge < -0.3 is 14.2 Å². The fourth-order valence-electron chi connectivity index (χ4n) is 1.82. The Hall–Kier alpha value is -2.48. The standard InChI is InChI=1S/C14H16N2O5S/c1-19-10-6-7-12(20-2)13(9-10)22(17,18)16-11-5-4-8-15-14(11)21-3/h4-9,16H,1-3H3. The second-order valence-corrected chi connectivity index (χ2v) is 5.83. The number of ether oxygens (including phenoxy) is 3. The Morgan fingerprint density at radius 3 is 2.45 bits per heavy atom. The van der Waals surface area contributed by atoms with Crippen LogP contribution in [0.1, 0.15) is 0 Å². The molecule has 0 amide bonds. The van der Waals surface area contributed by atoms with Crippen LogP contribution in [-0.2, 0) is 10.0 Å². The van der Waals surface area contributed by atoms with Crippen molar-refractivity contribution in [3.8, 4) is 17.4 Å². The number of hydrogen-bond acceptors (Lipinski definition) is 6. The largest absolute Gasteiger partial charge is 0.497 e. The number of anilines is 1. The van der Waals surface area contributed by atoms with Gasteiger partial charge >= 0.3 is 0 Å². The van der Waals surface area contributed by atoms with Crippen LogP contribution >= 0.6 is 0 Å². The second kappa shape index (κ2) is 6.52. The highest BCUT2D eigenvalue weighted by Crippen LogP contribution is 2.31. The Morgan fingerprint density at radius 2 is 1.82 bits per heavy atom. The minimum atomic E-state index is -3.90. The van der Waals surface area contributed by atoms with Crippen LogP contribution in [0.3, 0.4) is 0 Å². The topological polar surface area (TPSA) is 86.8 Å². The lowest BCUT2D eigenvalue weighted by Gasteiger charge is -2.14. The molecule has 0 bridgehead atoms. The SMILES string of the molecule is COc1ccc(OC)c(S(=O)(=O)Nc2cccnc2OC)c1. The Bertz CT molecular complexity index is 762. The van der Waals surface area contributed by atoms with E-state index in [2.05, 4.69) is 9.71 Å². The first-order chi connectivity index (χ1) is 10.5. The van der Waals surface area contributed by atoms with Gasteiger partial charge in [-0.3, -0.25) is 4.72 Å². The minimum absolute atomic E-state index is 0.0414. The first-order valence-corrected chi connectivity index (χ1v) is 7.74. The van der Waals surface area contributed by atoms with Gasteiger partial charge in [0.05, 0.1) is 21.3 Å². The minimum Gasteiger partial charge on any atom is -0.497 e. The zero-order valence-electron chi connectivity index (χ0n) is 12.4. The molecular weight excluding hydrogens is 308 g/mol. The summed E-state index contributed by atoms with van der Waals surface area (Å²) < 4.78 is 42.8. The van der Waals surface area contributed by atoms with Crippen LogP contribution < -0.4 is 18.9 Å². The number of pyridine rings is 1. The summed E-state index contributed by atoms with van der Waals surface area (Å²) in [5.74, 6) is 0.781. The smallest absolute Gasteiger partial charge is 0.265 e. The van der Waals surface area contributed by atoms with Crippen molar-refractivity contribution in [1.29, 1.82) is 0 Å². The highest BCUT2D eigenvalue weighted by atomic mass is 32.2. The fraction of sp³-hybridized carbons (Fsp3) is 0.214. The second-order valence-electron chi connectivity index (χ2n) is 4.18. The molecule has 0 atom stereocenters. The molecule has 1 aromatic heterocycles. The van der Waals surface area contributed by atoms with Crippen molar-refractivity contribution in [2.75, 3.05) is 26.1 Å². The third-order valence-corrected chi connectivity index (χ3v) is 4.26. The van der Waals surface area contributed by atoms with Crippen molar-refractivity contribution in [2.45, 2.75) is 4.90 Å². The summed E-state index contributed by atoms with van der Waals surface area (Å²) in [4.78, 5) is 3.90. The van der Waals surface area contributed by atoms with Gasteiger partial charge in [-0.15, -0.1) is 0 Å². The van der Waals surface area contributed by atoms with Crippen LogP contribution in [0.2, 0.25) is 0 Å². The highest BCUT2D eigenvalue weighted by molar-refractivity contribution is 7.92. The van der Waals surface area contributed by atoms with Gasteiger partial charge in [-0.2, -0.15) is 0 Å². The first-order valence-electron chi connectivity index (χ1n) is 6.25. The van der Waals surface area contributed by atoms with Gasteiger partial charge in [-0.05, 0) is 24.3 Å². The molecule has 0 aliphatic carbocycles. The molecule has 0 unspecified atom stereocenters. The molecule has 2 aromatic rings. The van der Waals surface area contributed by atoms with Gasteiger partial charge in [0.15, 0.2) is 0 Å². The zero-order chi connectivity index (χ0) is 16.2. The predicted octanol–water partition coefficient (Wildman–Crippen LogP) is 1.91. The monoisotopic (exact) mass is 324 g/mol. The molecule has 1 heterocycles. The number of nitrogens with one attached hydrogen (secondary N) is 1. The molecule has 0 aliphatic rings. The Labute approximate surface area is 128 Å². The zero-order valence-corrected chi connectivity index (χ0v) is 13.2. The van der Waals surface area contributed by atoms with E-state index in [-0.39, 0.29) is 22.2 Å². The Balaban J connectivity index is 2.46. The van der Waals surface area contributed by atoms with Crippen molar-refractivity contribution >= 4 is 15.7 Å². The summed E-state index contributed by atoms with van der Waals surface area (Å²) in [7, 11) is 0.361. The van der Waals surface area contributed by atoms with E-state index in [0.29, 0.717) is 5.75 Å². The lowest BCUT2D eigenvalue weighted by molar-refractivity contribution is 0.392. The normalized spacial score (nSPS) is 10.9. The van der Waals surface area contributed by atoms with E-state index in [4.69, 9.17) is 14.2 Å². The molecule has 0 aliphatic heterocycles. The van der Waals surface area contributed by atoms with Crippen molar-refractivity contribution in [1.82, 2.24) is 4.98 Å². The third kappa shape index (κ3) is 3.22. The molecule has 22 heavy (non-hydrogen) atoms. The molecule has 2 rings (SSSR count). The molecular formula is C14H16N2O5S. The summed E-state index contributed by atoms with van der Waals surface area (Å²) >= 11 is 0. The van der Waals surface area contributed by atoms with E-state index in [1.807, 2.05) is 0 Å². The van der Waals surface area contributed by atoms with E-state index in [0.717, 1.165) is 0 Å². The lowest BCUT2D eigenvalue weighted by Crippen LogP contribution is -2.15. The maximum absolute atomic E-state index is 12.6. The average molecular weight is 324 g/mol. The Kier molecular flexibility index (Phi) is 4.71. The quantitative estimate of drug-likeness (QED) is 0.873. The van der Waals surface area contributed by atoms with Gasteiger partial charge in [0.25, 0.3) is 10.0 Å². The fourth-order valence-corrected chi connectivity index (χ4v) is 3.07. The highest BCUT2D eigenvalue weighted by Gasteiger charge is 2.22. The summed E-state index contributed by atoms with van der Waals surface area (Å²) in [5, 5.41) is 0. The summed E-state index contributed by atoms with van der Waals surface area (Å²) in [5.41, 5.74) is 0.231. The molecule has 1 aromatic carbocycles. The molecule has 8 heteroatoms. The van der Waals surface area contributed by atoms with Crippen LogP contribution in [0.15, 0.2) is 41.4 Å². The van der Waals surface area contributed by atoms with Crippen molar-refractivity contribution < 1.29 is 22.6 Å². The van der Waals surface area contributed by atoms with Crippen LogP contribution in [0.5, 0.6) is 17.4 Å². The maximum Gasteiger partial charge on any atom is 0.265 e. The van der Waals surface area contributed by atoms with Crippen LogP contribution in [0.4, 0.5) is 5.69 Å². The number of rotatable bonds is 6. The van der Waals surface area contributed by atoms with Gasteiger partial charge in [-0.25, -0.2) is 13.4 Å². The summed E-state index contributed by atoms with van der Waals surface area (Å²) in [6.45, 7) is 0. The van der Waals surface area contributed by atoms with Crippen LogP contribution in [0.25, 0.3) is 0 Å². The van der Waals surface area contributed by atoms with Crippen molar-refractivity contribution in [3.63, 3.8) is 0 Å². The predicted molar refractivity (Wildman–Crippen MR) is 81.1 cm³/mol. The van der Waals surface area contributed by atoms with E-state index >= 15 is 0 Å². The van der Waals surface area contributed by atoms with Gasteiger partial charge in [0.1, 0.15) is 22.1 Å². The van der Waals surface area contributed by atoms with Crippen LogP contribution in [0, 0.1) is 0 Å².